The maximum Gasteiger partial charge on any atom is 0.245 e. The highest BCUT2D eigenvalue weighted by molar-refractivity contribution is 5.30. The third-order valence-corrected chi connectivity index (χ3v) is 3.41. The van der Waals surface area contributed by atoms with E-state index in [0.29, 0.717) is 12.0 Å². The molecule has 1 N–H and O–H groups in total. The lowest BCUT2D eigenvalue weighted by Gasteiger charge is -2.36. The average molecular weight is 252 g/mol. The van der Waals surface area contributed by atoms with E-state index in [2.05, 4.69) is 39.6 Å². The molecule has 6 heteroatoms. The number of piperidine rings is 1. The summed E-state index contributed by atoms with van der Waals surface area (Å²) < 4.78 is 1.76. The molecule has 102 valence electrons. The molecular weight excluding hydrogens is 228 g/mol. The second-order valence-electron chi connectivity index (χ2n) is 5.50. The molecule has 1 saturated heterocycles. The minimum Gasteiger partial charge on any atom is -0.335 e. The Hall–Kier alpha value is -1.17. The number of aryl methyl sites for hydroxylation is 1. The molecule has 2 heterocycles. The maximum absolute atomic E-state index is 4.13. The van der Waals surface area contributed by atoms with Crippen LogP contribution in [0.1, 0.15) is 33.1 Å². The topological polar surface area (TPSA) is 58.9 Å². The first kappa shape index (κ1) is 13.3. The van der Waals surface area contributed by atoms with Crippen LogP contribution in [0.4, 0.5) is 5.95 Å². The molecule has 1 aromatic heterocycles. The number of hydrogen-bond acceptors (Lipinski definition) is 5. The quantitative estimate of drug-likeness (QED) is 0.840. The zero-order valence-corrected chi connectivity index (χ0v) is 11.6. The lowest BCUT2D eigenvalue weighted by atomic mass is 10.0. The Labute approximate surface area is 109 Å². The van der Waals surface area contributed by atoms with Crippen LogP contribution in [0.3, 0.4) is 0 Å². The zero-order valence-electron chi connectivity index (χ0n) is 11.6. The normalized spacial score (nSPS) is 20.7. The molecule has 1 aliphatic rings. The van der Waals surface area contributed by atoms with Crippen molar-refractivity contribution in [3.05, 3.63) is 0 Å². The van der Waals surface area contributed by atoms with E-state index in [-0.39, 0.29) is 0 Å². The van der Waals surface area contributed by atoms with Crippen LogP contribution in [0.5, 0.6) is 0 Å². The summed E-state index contributed by atoms with van der Waals surface area (Å²) in [6.07, 6.45) is 3.75. The molecule has 1 fully saturated rings. The first-order valence-electron chi connectivity index (χ1n) is 6.88. The molecule has 0 saturated carbocycles. The Kier molecular flexibility index (Phi) is 4.52. The van der Waals surface area contributed by atoms with Crippen LogP contribution in [0, 0.1) is 5.92 Å². The summed E-state index contributed by atoms with van der Waals surface area (Å²) in [6.45, 7) is 7.62. The third kappa shape index (κ3) is 3.19. The van der Waals surface area contributed by atoms with Crippen LogP contribution < -0.4 is 10.2 Å². The number of tetrazole rings is 1. The number of anilines is 1. The molecule has 0 amide bonds. The molecule has 1 atom stereocenters. The van der Waals surface area contributed by atoms with Gasteiger partial charge in [-0.2, -0.15) is 0 Å². The highest BCUT2D eigenvalue weighted by Crippen LogP contribution is 2.21. The van der Waals surface area contributed by atoms with Gasteiger partial charge in [-0.15, -0.1) is 0 Å². The van der Waals surface area contributed by atoms with Crippen LogP contribution in [0.15, 0.2) is 0 Å². The summed E-state index contributed by atoms with van der Waals surface area (Å²) in [7, 11) is 1.91. The second kappa shape index (κ2) is 6.13. The SMILES string of the molecule is CC(C)CNCC1CCCCN1c1nnnn1C. The minimum atomic E-state index is 0.516. The fourth-order valence-corrected chi connectivity index (χ4v) is 2.48. The first-order valence-corrected chi connectivity index (χ1v) is 6.88. The number of rotatable bonds is 5. The Balaban J connectivity index is 1.96. The Morgan fingerprint density at radius 1 is 1.39 bits per heavy atom. The largest absolute Gasteiger partial charge is 0.335 e. The van der Waals surface area contributed by atoms with Gasteiger partial charge in [-0.05, 0) is 42.2 Å². The van der Waals surface area contributed by atoms with Gasteiger partial charge >= 0.3 is 0 Å². The zero-order chi connectivity index (χ0) is 13.0. The number of nitrogens with one attached hydrogen (secondary N) is 1. The van der Waals surface area contributed by atoms with E-state index in [0.717, 1.165) is 25.6 Å². The lowest BCUT2D eigenvalue weighted by Crippen LogP contribution is -2.47. The first-order chi connectivity index (χ1) is 8.68. The molecule has 1 aromatic rings. The van der Waals surface area contributed by atoms with Crippen LogP contribution in [0.2, 0.25) is 0 Å². The van der Waals surface area contributed by atoms with E-state index in [4.69, 9.17) is 0 Å². The summed E-state index contributed by atoms with van der Waals surface area (Å²) in [6, 6.07) is 0.516. The van der Waals surface area contributed by atoms with Crippen molar-refractivity contribution < 1.29 is 0 Å². The van der Waals surface area contributed by atoms with E-state index >= 15 is 0 Å². The van der Waals surface area contributed by atoms with Crippen molar-refractivity contribution in [3.63, 3.8) is 0 Å². The van der Waals surface area contributed by atoms with E-state index in [1.165, 1.54) is 19.3 Å². The van der Waals surface area contributed by atoms with Gasteiger partial charge in [-0.25, -0.2) is 4.68 Å². The van der Waals surface area contributed by atoms with E-state index in [9.17, 15) is 0 Å². The van der Waals surface area contributed by atoms with Crippen molar-refractivity contribution in [1.82, 2.24) is 25.5 Å². The van der Waals surface area contributed by atoms with Gasteiger partial charge in [0.25, 0.3) is 0 Å². The van der Waals surface area contributed by atoms with E-state index in [1.807, 2.05) is 7.05 Å². The summed E-state index contributed by atoms with van der Waals surface area (Å²) in [4.78, 5) is 2.34. The molecule has 6 nitrogen and oxygen atoms in total. The van der Waals surface area contributed by atoms with Crippen molar-refractivity contribution in [2.75, 3.05) is 24.5 Å². The van der Waals surface area contributed by atoms with Gasteiger partial charge in [0.1, 0.15) is 0 Å². The van der Waals surface area contributed by atoms with E-state index < -0.39 is 0 Å². The summed E-state index contributed by atoms with van der Waals surface area (Å²) in [5, 5.41) is 15.3. The fraction of sp³-hybridized carbons (Fsp3) is 0.917. The molecule has 1 unspecified atom stereocenters. The highest BCUT2D eigenvalue weighted by Gasteiger charge is 2.25. The van der Waals surface area contributed by atoms with Crippen molar-refractivity contribution in [3.8, 4) is 0 Å². The van der Waals surface area contributed by atoms with Crippen molar-refractivity contribution in [2.45, 2.75) is 39.2 Å². The Morgan fingerprint density at radius 2 is 2.22 bits per heavy atom. The molecule has 18 heavy (non-hydrogen) atoms. The van der Waals surface area contributed by atoms with Gasteiger partial charge in [0.2, 0.25) is 5.95 Å². The van der Waals surface area contributed by atoms with Crippen molar-refractivity contribution >= 4 is 5.95 Å². The van der Waals surface area contributed by atoms with Gasteiger partial charge in [0.15, 0.2) is 0 Å². The molecule has 0 aromatic carbocycles. The molecule has 0 spiro atoms. The molecule has 1 aliphatic heterocycles. The van der Waals surface area contributed by atoms with Gasteiger partial charge in [0.05, 0.1) is 0 Å². The van der Waals surface area contributed by atoms with Crippen molar-refractivity contribution in [2.24, 2.45) is 13.0 Å². The average Bonchev–Trinajstić information content (AvgIpc) is 2.76. The predicted octanol–water partition coefficient (Wildman–Crippen LogP) is 0.815. The second-order valence-corrected chi connectivity index (χ2v) is 5.50. The van der Waals surface area contributed by atoms with Crippen LogP contribution >= 0.6 is 0 Å². The Morgan fingerprint density at radius 3 is 2.89 bits per heavy atom. The third-order valence-electron chi connectivity index (χ3n) is 3.41. The monoisotopic (exact) mass is 252 g/mol. The fourth-order valence-electron chi connectivity index (χ4n) is 2.48. The van der Waals surface area contributed by atoms with Crippen LogP contribution in [-0.2, 0) is 7.05 Å². The van der Waals surface area contributed by atoms with Crippen molar-refractivity contribution in [1.29, 1.82) is 0 Å². The summed E-state index contributed by atoms with van der Waals surface area (Å²) in [5.41, 5.74) is 0. The molecule has 0 bridgehead atoms. The minimum absolute atomic E-state index is 0.516. The predicted molar refractivity (Wildman–Crippen MR) is 71.5 cm³/mol. The molecule has 0 radical (unpaired) electrons. The summed E-state index contributed by atoms with van der Waals surface area (Å²) >= 11 is 0. The number of hydrogen-bond donors (Lipinski definition) is 1. The van der Waals surface area contributed by atoms with Crippen LogP contribution in [-0.4, -0.2) is 45.9 Å². The Bertz CT molecular complexity index is 361. The van der Waals surface area contributed by atoms with Gasteiger partial charge in [-0.3, -0.25) is 0 Å². The molecular formula is C12H24N6. The smallest absolute Gasteiger partial charge is 0.245 e. The molecule has 2 rings (SSSR count). The van der Waals surface area contributed by atoms with Gasteiger partial charge in [0, 0.05) is 26.2 Å². The number of nitrogens with zero attached hydrogens (tertiary/aromatic N) is 5. The number of aromatic nitrogens is 4. The molecule has 0 aliphatic carbocycles. The van der Waals surface area contributed by atoms with Crippen LogP contribution in [0.25, 0.3) is 0 Å². The lowest BCUT2D eigenvalue weighted by molar-refractivity contribution is 0.414. The standard InChI is InChI=1S/C12H24N6/c1-10(2)8-13-9-11-6-4-5-7-18(11)12-14-15-16-17(12)3/h10-11,13H,4-9H2,1-3H3. The van der Waals surface area contributed by atoms with Gasteiger partial charge < -0.3 is 10.2 Å². The highest BCUT2D eigenvalue weighted by atomic mass is 15.6. The maximum atomic E-state index is 4.13. The van der Waals surface area contributed by atoms with E-state index in [1.54, 1.807) is 4.68 Å². The van der Waals surface area contributed by atoms with Gasteiger partial charge in [-0.1, -0.05) is 18.9 Å². The summed E-state index contributed by atoms with van der Waals surface area (Å²) in [5.74, 6) is 1.59.